The molecule has 0 aromatic carbocycles. The summed E-state index contributed by atoms with van der Waals surface area (Å²) in [5, 5.41) is 11.2. The van der Waals surface area contributed by atoms with Crippen LogP contribution in [0.4, 0.5) is 0 Å². The first kappa shape index (κ1) is 10.2. The molecule has 0 aliphatic heterocycles. The molecule has 0 unspecified atom stereocenters. The van der Waals surface area contributed by atoms with E-state index in [1.165, 1.54) is 4.68 Å². The van der Waals surface area contributed by atoms with Gasteiger partial charge in [-0.1, -0.05) is 6.07 Å². The average molecular weight is 292 g/mol. The largest absolute Gasteiger partial charge is 0.298 e. The lowest BCUT2D eigenvalue weighted by Crippen LogP contribution is -2.21. The van der Waals surface area contributed by atoms with Gasteiger partial charge in [-0.2, -0.15) is 14.9 Å². The van der Waals surface area contributed by atoms with E-state index in [1.54, 1.807) is 30.6 Å². The summed E-state index contributed by atoms with van der Waals surface area (Å²) in [6.07, 6.45) is 3.13. The second-order valence-corrected chi connectivity index (χ2v) is 4.19. The van der Waals surface area contributed by atoms with Gasteiger partial charge >= 0.3 is 0 Å². The van der Waals surface area contributed by atoms with Crippen molar-refractivity contribution in [1.29, 1.82) is 0 Å². The zero-order chi connectivity index (χ0) is 11.8. The predicted molar refractivity (Wildman–Crippen MR) is 65.0 cm³/mol. The molecular weight excluding hydrogens is 286 g/mol. The molecule has 0 radical (unpaired) electrons. The van der Waals surface area contributed by atoms with Crippen molar-refractivity contribution in [3.63, 3.8) is 0 Å². The number of hydrogen-bond donors (Lipinski definition) is 1. The van der Waals surface area contributed by atoms with E-state index in [4.69, 9.17) is 0 Å². The predicted octanol–water partition coefficient (Wildman–Crippen LogP) is 1.27. The Balaban J connectivity index is 2.31. The maximum absolute atomic E-state index is 12.1. The van der Waals surface area contributed by atoms with Gasteiger partial charge in [-0.3, -0.25) is 9.89 Å². The van der Waals surface area contributed by atoms with Crippen LogP contribution in [0.5, 0.6) is 0 Å². The average Bonchev–Trinajstić information content (AvgIpc) is 2.78. The third-order valence-corrected chi connectivity index (χ3v) is 2.75. The molecule has 17 heavy (non-hydrogen) atoms. The first-order valence-corrected chi connectivity index (χ1v) is 5.59. The van der Waals surface area contributed by atoms with E-state index >= 15 is 0 Å². The molecular formula is C10H6BrN5O. The third kappa shape index (κ3) is 1.64. The molecule has 3 aromatic heterocycles. The Kier molecular flexibility index (Phi) is 2.25. The molecule has 84 valence electrons. The molecule has 0 saturated heterocycles. The van der Waals surface area contributed by atoms with Gasteiger partial charge in [0.1, 0.15) is 10.1 Å². The molecule has 0 bridgehead atoms. The van der Waals surface area contributed by atoms with E-state index in [0.717, 1.165) is 0 Å². The molecule has 0 spiro atoms. The van der Waals surface area contributed by atoms with Crippen molar-refractivity contribution in [2.24, 2.45) is 0 Å². The fourth-order valence-electron chi connectivity index (χ4n) is 1.52. The minimum absolute atomic E-state index is 0.273. The first-order valence-electron chi connectivity index (χ1n) is 4.80. The van der Waals surface area contributed by atoms with Crippen molar-refractivity contribution in [3.05, 3.63) is 45.5 Å². The second kappa shape index (κ2) is 3.77. The highest BCUT2D eigenvalue weighted by Crippen LogP contribution is 2.09. The SMILES string of the molecule is O=c1c2[nH]ncc2cnn1-c1cccc(Br)n1. The number of hydrogen-bond acceptors (Lipinski definition) is 4. The summed E-state index contributed by atoms with van der Waals surface area (Å²) < 4.78 is 1.87. The number of H-pyrrole nitrogens is 1. The molecule has 1 N–H and O–H groups in total. The van der Waals surface area contributed by atoms with Crippen LogP contribution in [0.1, 0.15) is 0 Å². The lowest BCUT2D eigenvalue weighted by molar-refractivity contribution is 0.789. The fourth-order valence-corrected chi connectivity index (χ4v) is 1.86. The van der Waals surface area contributed by atoms with Crippen LogP contribution >= 0.6 is 15.9 Å². The second-order valence-electron chi connectivity index (χ2n) is 3.38. The summed E-state index contributed by atoms with van der Waals surface area (Å²) in [4.78, 5) is 16.3. The molecule has 0 aliphatic rings. The van der Waals surface area contributed by atoms with Crippen LogP contribution < -0.4 is 5.56 Å². The normalized spacial score (nSPS) is 10.9. The number of pyridine rings is 1. The zero-order valence-corrected chi connectivity index (χ0v) is 10.0. The number of aromatic nitrogens is 5. The molecule has 0 aliphatic carbocycles. The highest BCUT2D eigenvalue weighted by Gasteiger charge is 2.08. The molecule has 0 fully saturated rings. The van der Waals surface area contributed by atoms with Crippen LogP contribution in [0.3, 0.4) is 0 Å². The van der Waals surface area contributed by atoms with Crippen molar-refractivity contribution in [2.45, 2.75) is 0 Å². The van der Waals surface area contributed by atoms with E-state index in [-0.39, 0.29) is 5.56 Å². The number of halogens is 1. The van der Waals surface area contributed by atoms with Crippen molar-refractivity contribution >= 4 is 26.8 Å². The van der Waals surface area contributed by atoms with E-state index in [0.29, 0.717) is 21.3 Å². The van der Waals surface area contributed by atoms with Gasteiger partial charge in [-0.05, 0) is 28.1 Å². The van der Waals surface area contributed by atoms with Crippen LogP contribution in [0.25, 0.3) is 16.7 Å². The molecule has 0 atom stereocenters. The number of fused-ring (bicyclic) bond motifs is 1. The van der Waals surface area contributed by atoms with Crippen LogP contribution in [0, 0.1) is 0 Å². The first-order chi connectivity index (χ1) is 8.25. The Bertz CT molecular complexity index is 748. The van der Waals surface area contributed by atoms with E-state index in [1.807, 2.05) is 0 Å². The van der Waals surface area contributed by atoms with Gasteiger partial charge in [-0.25, -0.2) is 4.98 Å². The summed E-state index contributed by atoms with van der Waals surface area (Å²) in [5.41, 5.74) is 0.146. The zero-order valence-electron chi connectivity index (χ0n) is 8.46. The van der Waals surface area contributed by atoms with E-state index in [9.17, 15) is 4.79 Å². The van der Waals surface area contributed by atoms with E-state index < -0.39 is 0 Å². The highest BCUT2D eigenvalue weighted by molar-refractivity contribution is 9.10. The Morgan fingerprint density at radius 1 is 1.29 bits per heavy atom. The molecule has 0 amide bonds. The lowest BCUT2D eigenvalue weighted by atomic mass is 10.4. The smallest absolute Gasteiger partial charge is 0.272 e. The monoisotopic (exact) mass is 291 g/mol. The lowest BCUT2D eigenvalue weighted by Gasteiger charge is -2.02. The maximum Gasteiger partial charge on any atom is 0.298 e. The van der Waals surface area contributed by atoms with Crippen molar-refractivity contribution in [3.8, 4) is 5.82 Å². The fraction of sp³-hybridized carbons (Fsp3) is 0. The topological polar surface area (TPSA) is 76.5 Å². The summed E-state index contributed by atoms with van der Waals surface area (Å²) in [6, 6.07) is 5.28. The van der Waals surface area contributed by atoms with Crippen LogP contribution in [0.15, 0.2) is 40.0 Å². The summed E-state index contributed by atoms with van der Waals surface area (Å²) in [7, 11) is 0. The minimum atomic E-state index is -0.273. The van der Waals surface area contributed by atoms with Crippen molar-refractivity contribution in [2.75, 3.05) is 0 Å². The van der Waals surface area contributed by atoms with Gasteiger partial charge in [0.2, 0.25) is 0 Å². The maximum atomic E-state index is 12.1. The number of aromatic amines is 1. The van der Waals surface area contributed by atoms with Crippen LogP contribution in [-0.2, 0) is 0 Å². The Morgan fingerprint density at radius 2 is 2.18 bits per heavy atom. The molecule has 3 aromatic rings. The molecule has 0 saturated carbocycles. The van der Waals surface area contributed by atoms with Gasteiger partial charge < -0.3 is 0 Å². The Labute approximate surface area is 103 Å². The quantitative estimate of drug-likeness (QED) is 0.685. The minimum Gasteiger partial charge on any atom is -0.272 e. The summed E-state index contributed by atoms with van der Waals surface area (Å²) in [6.45, 7) is 0. The van der Waals surface area contributed by atoms with Gasteiger partial charge in [0, 0.05) is 5.39 Å². The van der Waals surface area contributed by atoms with Crippen LogP contribution in [-0.4, -0.2) is 25.0 Å². The van der Waals surface area contributed by atoms with E-state index in [2.05, 4.69) is 36.2 Å². The molecule has 6 nitrogen and oxygen atoms in total. The number of nitrogens with one attached hydrogen (secondary N) is 1. The Morgan fingerprint density at radius 3 is 3.00 bits per heavy atom. The van der Waals surface area contributed by atoms with Gasteiger partial charge in [0.05, 0.1) is 12.4 Å². The number of nitrogens with zero attached hydrogens (tertiary/aromatic N) is 4. The molecule has 3 heterocycles. The standard InChI is InChI=1S/C10H6BrN5O/c11-7-2-1-3-8(14-7)16-10(17)9-6(5-13-16)4-12-15-9/h1-5H,(H,12,15). The number of rotatable bonds is 1. The Hall–Kier alpha value is -2.02. The van der Waals surface area contributed by atoms with Crippen molar-refractivity contribution in [1.82, 2.24) is 25.0 Å². The van der Waals surface area contributed by atoms with Gasteiger partial charge in [-0.15, -0.1) is 0 Å². The molecule has 7 heteroatoms. The summed E-state index contributed by atoms with van der Waals surface area (Å²) >= 11 is 3.25. The van der Waals surface area contributed by atoms with Crippen molar-refractivity contribution < 1.29 is 0 Å². The molecule has 3 rings (SSSR count). The van der Waals surface area contributed by atoms with Gasteiger partial charge in [0.25, 0.3) is 5.56 Å². The van der Waals surface area contributed by atoms with Crippen LogP contribution in [0.2, 0.25) is 0 Å². The summed E-state index contributed by atoms with van der Waals surface area (Å²) in [5.74, 6) is 0.459. The highest BCUT2D eigenvalue weighted by atomic mass is 79.9. The van der Waals surface area contributed by atoms with Gasteiger partial charge in [0.15, 0.2) is 5.82 Å². The third-order valence-electron chi connectivity index (χ3n) is 2.30.